The Hall–Kier alpha value is -1.97. The van der Waals surface area contributed by atoms with Crippen molar-refractivity contribution in [1.29, 1.82) is 0 Å². The van der Waals surface area contributed by atoms with Crippen molar-refractivity contribution >= 4 is 39.1 Å². The van der Waals surface area contributed by atoms with Crippen LogP contribution in [0.2, 0.25) is 5.02 Å². The Bertz CT molecular complexity index is 1080. The first-order valence-corrected chi connectivity index (χ1v) is 10.7. The SMILES string of the molecule is CN1CCc2c(sc3nc(NCCOCCO)n(-c4cccc(Cl)c4)c(=O)c23)C1. The molecule has 7 nitrogen and oxygen atoms in total. The fourth-order valence-electron chi connectivity index (χ4n) is 3.55. The number of fused-ring (bicyclic) bond motifs is 3. The zero-order chi connectivity index (χ0) is 20.4. The average molecular weight is 435 g/mol. The van der Waals surface area contributed by atoms with E-state index in [2.05, 4.69) is 17.3 Å². The van der Waals surface area contributed by atoms with Gasteiger partial charge in [0.15, 0.2) is 0 Å². The van der Waals surface area contributed by atoms with Crippen molar-refractivity contribution in [1.82, 2.24) is 14.5 Å². The van der Waals surface area contributed by atoms with Gasteiger partial charge in [-0.3, -0.25) is 4.79 Å². The van der Waals surface area contributed by atoms with Crippen LogP contribution in [0.15, 0.2) is 29.1 Å². The molecular weight excluding hydrogens is 412 g/mol. The molecule has 2 aromatic heterocycles. The van der Waals surface area contributed by atoms with Crippen LogP contribution < -0.4 is 10.9 Å². The Morgan fingerprint density at radius 1 is 1.38 bits per heavy atom. The van der Waals surface area contributed by atoms with Crippen LogP contribution in [0.3, 0.4) is 0 Å². The molecule has 0 saturated carbocycles. The molecule has 1 aliphatic rings. The van der Waals surface area contributed by atoms with Crippen molar-refractivity contribution in [2.75, 3.05) is 45.3 Å². The standard InChI is InChI=1S/C20H23ClN4O3S/c1-24-7-5-15-16(12-24)29-18-17(15)19(27)25(14-4-2-3-13(21)11-14)20(23-18)22-6-9-28-10-8-26/h2-4,11,26H,5-10,12H2,1H3,(H,22,23). The molecule has 9 heteroatoms. The van der Waals surface area contributed by atoms with Crippen molar-refractivity contribution in [3.8, 4) is 5.69 Å². The smallest absolute Gasteiger partial charge is 0.268 e. The molecule has 29 heavy (non-hydrogen) atoms. The molecule has 0 fully saturated rings. The predicted molar refractivity (Wildman–Crippen MR) is 117 cm³/mol. The molecule has 0 unspecified atom stereocenters. The number of likely N-dealkylation sites (N-methyl/N-ethyl adjacent to an activating group) is 1. The monoisotopic (exact) mass is 434 g/mol. The first kappa shape index (κ1) is 20.3. The quantitative estimate of drug-likeness (QED) is 0.556. The third kappa shape index (κ3) is 4.17. The molecule has 0 spiro atoms. The highest BCUT2D eigenvalue weighted by Crippen LogP contribution is 2.33. The van der Waals surface area contributed by atoms with E-state index < -0.39 is 0 Å². The van der Waals surface area contributed by atoms with E-state index in [0.29, 0.717) is 35.2 Å². The Morgan fingerprint density at radius 3 is 3.03 bits per heavy atom. The van der Waals surface area contributed by atoms with Gasteiger partial charge in [-0.1, -0.05) is 17.7 Å². The van der Waals surface area contributed by atoms with Gasteiger partial charge >= 0.3 is 0 Å². The number of hydrogen-bond donors (Lipinski definition) is 2. The largest absolute Gasteiger partial charge is 0.394 e. The van der Waals surface area contributed by atoms with Crippen LogP contribution >= 0.6 is 22.9 Å². The lowest BCUT2D eigenvalue weighted by Crippen LogP contribution is -2.28. The van der Waals surface area contributed by atoms with Crippen LogP contribution in [-0.2, 0) is 17.7 Å². The summed E-state index contributed by atoms with van der Waals surface area (Å²) >= 11 is 7.78. The number of benzene rings is 1. The summed E-state index contributed by atoms with van der Waals surface area (Å²) in [6.07, 6.45) is 0.847. The Labute approximate surface area is 177 Å². The van der Waals surface area contributed by atoms with Gasteiger partial charge in [-0.2, -0.15) is 0 Å². The van der Waals surface area contributed by atoms with Crippen molar-refractivity contribution in [2.24, 2.45) is 0 Å². The van der Waals surface area contributed by atoms with Gasteiger partial charge in [-0.25, -0.2) is 9.55 Å². The number of aromatic nitrogens is 2. The summed E-state index contributed by atoms with van der Waals surface area (Å²) in [4.78, 5) is 22.6. The summed E-state index contributed by atoms with van der Waals surface area (Å²) in [6.45, 7) is 2.89. The van der Waals surface area contributed by atoms with Gasteiger partial charge in [0.05, 0.1) is 30.9 Å². The highest BCUT2D eigenvalue weighted by atomic mass is 35.5. The highest BCUT2D eigenvalue weighted by Gasteiger charge is 2.24. The second kappa shape index (κ2) is 8.81. The lowest BCUT2D eigenvalue weighted by molar-refractivity contribution is 0.0991. The molecule has 0 saturated heterocycles. The molecule has 0 radical (unpaired) electrons. The van der Waals surface area contributed by atoms with Crippen LogP contribution in [0.1, 0.15) is 10.4 Å². The fraction of sp³-hybridized carbons (Fsp3) is 0.400. The van der Waals surface area contributed by atoms with Crippen LogP contribution in [0.5, 0.6) is 0 Å². The third-order valence-corrected chi connectivity index (χ3v) is 6.24. The van der Waals surface area contributed by atoms with Crippen LogP contribution in [0.25, 0.3) is 15.9 Å². The number of thiophene rings is 1. The average Bonchev–Trinajstić information content (AvgIpc) is 3.05. The molecular formula is C20H23ClN4O3S. The van der Waals surface area contributed by atoms with E-state index in [1.807, 2.05) is 12.1 Å². The maximum atomic E-state index is 13.6. The Morgan fingerprint density at radius 2 is 2.24 bits per heavy atom. The number of aliphatic hydroxyl groups excluding tert-OH is 1. The van der Waals surface area contributed by atoms with Crippen molar-refractivity contribution < 1.29 is 9.84 Å². The summed E-state index contributed by atoms with van der Waals surface area (Å²) in [5.41, 5.74) is 1.70. The minimum atomic E-state index is -0.0851. The topological polar surface area (TPSA) is 79.6 Å². The Kier molecular flexibility index (Phi) is 6.17. The van der Waals surface area contributed by atoms with Crippen molar-refractivity contribution in [2.45, 2.75) is 13.0 Å². The summed E-state index contributed by atoms with van der Waals surface area (Å²) in [5.74, 6) is 0.462. The van der Waals surface area contributed by atoms with Gasteiger partial charge in [-0.05, 0) is 37.2 Å². The minimum absolute atomic E-state index is 0.0212. The highest BCUT2D eigenvalue weighted by molar-refractivity contribution is 7.18. The van der Waals surface area contributed by atoms with Crippen LogP contribution in [0, 0.1) is 0 Å². The van der Waals surface area contributed by atoms with Gasteiger partial charge in [0.1, 0.15) is 4.83 Å². The number of hydrogen-bond acceptors (Lipinski definition) is 7. The molecule has 3 aromatic rings. The molecule has 1 aliphatic heterocycles. The number of halogens is 1. The number of nitrogens with zero attached hydrogens (tertiary/aromatic N) is 3. The second-order valence-electron chi connectivity index (χ2n) is 6.99. The third-order valence-electron chi connectivity index (χ3n) is 4.90. The predicted octanol–water partition coefficient (Wildman–Crippen LogP) is 2.51. The molecule has 2 N–H and O–H groups in total. The van der Waals surface area contributed by atoms with E-state index in [1.165, 1.54) is 4.88 Å². The van der Waals surface area contributed by atoms with E-state index in [0.717, 1.165) is 29.9 Å². The van der Waals surface area contributed by atoms with Crippen LogP contribution in [-0.4, -0.2) is 59.5 Å². The number of aliphatic hydroxyl groups is 1. The van der Waals surface area contributed by atoms with E-state index in [1.54, 1.807) is 28.0 Å². The van der Waals surface area contributed by atoms with E-state index in [-0.39, 0.29) is 18.8 Å². The molecule has 4 rings (SSSR count). The zero-order valence-corrected chi connectivity index (χ0v) is 17.7. The maximum absolute atomic E-state index is 13.6. The Balaban J connectivity index is 1.81. The van der Waals surface area contributed by atoms with E-state index in [4.69, 9.17) is 26.4 Å². The second-order valence-corrected chi connectivity index (χ2v) is 8.51. The number of rotatable bonds is 7. The number of nitrogens with one attached hydrogen (secondary N) is 1. The zero-order valence-electron chi connectivity index (χ0n) is 16.2. The van der Waals surface area contributed by atoms with Crippen molar-refractivity contribution in [3.05, 3.63) is 50.1 Å². The first-order valence-electron chi connectivity index (χ1n) is 9.52. The minimum Gasteiger partial charge on any atom is -0.394 e. The number of anilines is 1. The lowest BCUT2D eigenvalue weighted by atomic mass is 10.1. The van der Waals surface area contributed by atoms with Crippen LogP contribution in [0.4, 0.5) is 5.95 Å². The van der Waals surface area contributed by atoms with Gasteiger partial charge < -0.3 is 20.1 Å². The number of ether oxygens (including phenoxy) is 1. The molecule has 1 aromatic carbocycles. The van der Waals surface area contributed by atoms with Gasteiger partial charge in [0.25, 0.3) is 5.56 Å². The summed E-state index contributed by atoms with van der Waals surface area (Å²) in [7, 11) is 2.09. The molecule has 0 aliphatic carbocycles. The fourth-order valence-corrected chi connectivity index (χ4v) is 5.02. The molecule has 0 bridgehead atoms. The van der Waals surface area contributed by atoms with Gasteiger partial charge in [0, 0.05) is 29.5 Å². The summed E-state index contributed by atoms with van der Waals surface area (Å²) in [5, 5.41) is 13.3. The van der Waals surface area contributed by atoms with Crippen molar-refractivity contribution in [3.63, 3.8) is 0 Å². The molecule has 3 heterocycles. The summed E-state index contributed by atoms with van der Waals surface area (Å²) in [6, 6.07) is 7.21. The maximum Gasteiger partial charge on any atom is 0.268 e. The molecule has 0 atom stereocenters. The summed E-state index contributed by atoms with van der Waals surface area (Å²) < 4.78 is 6.90. The van der Waals surface area contributed by atoms with E-state index >= 15 is 0 Å². The van der Waals surface area contributed by atoms with E-state index in [9.17, 15) is 4.79 Å². The first-order chi connectivity index (χ1) is 14.1. The molecule has 154 valence electrons. The normalized spacial score (nSPS) is 14.3. The molecule has 0 amide bonds. The lowest BCUT2D eigenvalue weighted by Gasteiger charge is -2.21. The van der Waals surface area contributed by atoms with Gasteiger partial charge in [0.2, 0.25) is 5.95 Å². The van der Waals surface area contributed by atoms with Gasteiger partial charge in [-0.15, -0.1) is 11.3 Å².